The molecule has 0 heterocycles. The summed E-state index contributed by atoms with van der Waals surface area (Å²) in [6.45, 7) is 1.35. The third-order valence-corrected chi connectivity index (χ3v) is 9.61. The molecule has 0 aromatic heterocycles. The summed E-state index contributed by atoms with van der Waals surface area (Å²) in [6.07, 6.45) is -0.963. The lowest BCUT2D eigenvalue weighted by molar-refractivity contribution is -0.133. The third-order valence-electron chi connectivity index (χ3n) is 5.79. The minimum atomic E-state index is -5.30. The van der Waals surface area contributed by atoms with Crippen LogP contribution in [0.4, 0.5) is 0 Å². The van der Waals surface area contributed by atoms with Crippen LogP contribution >= 0.6 is 0 Å². The van der Waals surface area contributed by atoms with Gasteiger partial charge in [-0.3, -0.25) is 41.9 Å². The first-order valence-corrected chi connectivity index (χ1v) is 21.5. The molecule has 0 fully saturated rings. The molecule has 26 nitrogen and oxygen atoms in total. The number of hydrogen-bond acceptors (Lipinski definition) is 17. The van der Waals surface area contributed by atoms with Crippen LogP contribution in [0.15, 0.2) is 0 Å². The van der Waals surface area contributed by atoms with E-state index < -0.39 is 146 Å². The van der Waals surface area contributed by atoms with Gasteiger partial charge in [0.15, 0.2) is 0 Å². The van der Waals surface area contributed by atoms with Crippen molar-refractivity contribution in [3.05, 3.63) is 0 Å². The number of nitrogens with one attached hydrogen (secondary N) is 5. The molecule has 296 valence electrons. The van der Waals surface area contributed by atoms with Crippen LogP contribution in [0.25, 0.3) is 0 Å². The maximum atomic E-state index is 13.0. The predicted molar refractivity (Wildman–Crippen MR) is 168 cm³/mol. The Kier molecular flexibility index (Phi) is 18.3. The minimum absolute atomic E-state index is 0.138. The summed E-state index contributed by atoms with van der Waals surface area (Å²) in [7, 11) is -25.2. The highest BCUT2D eigenvalue weighted by Crippen LogP contribution is 2.04. The second-order valence-corrected chi connectivity index (χ2v) is 18.1. The lowest BCUT2D eigenvalue weighted by Gasteiger charge is -2.25. The molecule has 0 aliphatic carbocycles. The van der Waals surface area contributed by atoms with Gasteiger partial charge in [-0.1, -0.05) is 0 Å². The molecule has 0 rings (SSSR count). The van der Waals surface area contributed by atoms with E-state index in [2.05, 4.69) is 5.32 Å². The second kappa shape index (κ2) is 19.5. The van der Waals surface area contributed by atoms with Gasteiger partial charge in [-0.2, -0.15) is 42.1 Å². The Labute approximate surface area is 291 Å². The van der Waals surface area contributed by atoms with E-state index in [1.807, 2.05) is 5.32 Å². The molecule has 0 aliphatic rings. The molecule has 0 aromatic rings. The summed E-state index contributed by atoms with van der Waals surface area (Å²) in [4.78, 5) is 73.2. The minimum Gasteiger partial charge on any atom is -0.344 e. The first-order valence-electron chi connectivity index (χ1n) is 13.5. The maximum absolute atomic E-state index is 13.0. The highest BCUT2D eigenvalue weighted by molar-refractivity contribution is 7.86. The van der Waals surface area contributed by atoms with Crippen molar-refractivity contribution in [2.24, 2.45) is 0 Å². The number of hydrogen-bond donors (Lipinski definition) is 10. The molecule has 4 amide bonds. The van der Waals surface area contributed by atoms with E-state index in [-0.39, 0.29) is 19.0 Å². The van der Waals surface area contributed by atoms with Gasteiger partial charge in [-0.25, -0.2) is 0 Å². The van der Waals surface area contributed by atoms with Crippen LogP contribution in [0.2, 0.25) is 0 Å². The Morgan fingerprint density at radius 3 is 1.16 bits per heavy atom. The maximum Gasteiger partial charge on any atom is 0.267 e. The van der Waals surface area contributed by atoms with Crippen molar-refractivity contribution in [3.63, 3.8) is 0 Å². The molecule has 0 aromatic carbocycles. The summed E-state index contributed by atoms with van der Waals surface area (Å²) < 4.78 is 159. The largest absolute Gasteiger partial charge is 0.344 e. The van der Waals surface area contributed by atoms with Crippen molar-refractivity contribution in [1.82, 2.24) is 26.6 Å². The summed E-state index contributed by atoms with van der Waals surface area (Å²) in [5.41, 5.74) is 0. The number of carbonyl (C=O) groups excluding carboxylic acids is 6. The Morgan fingerprint density at radius 2 is 0.824 bits per heavy atom. The summed E-state index contributed by atoms with van der Waals surface area (Å²) in [5, 5.41) is 9.00. The van der Waals surface area contributed by atoms with Crippen molar-refractivity contribution in [2.45, 2.75) is 56.0 Å². The standard InChI is InChI=1S/C20H35N5O21S5/c1-11(21-12(4-26)6-47(32,33)34)2-3-17(28)23-14(8-49(38,39)40)19(30)25-16(10-51(44,45)46)20(31)24-15(9-50(41,42)43)18(29)22-13(5-27)7-48(35,36)37/h4-5,11-16,21H,2-3,6-10H2,1H3,(H,22,29)(H,23,28)(H,24,31)(H,25,30)(H,32,33,34)(H,35,36,37)(H,38,39,40)(H,41,42,43)(H,44,45,46)/t11?,12-,13-,14?,15?,16+/m1/s1. The fraction of sp³-hybridized carbons (Fsp3) is 0.700. The second-order valence-electron chi connectivity index (χ2n) is 10.6. The van der Waals surface area contributed by atoms with Gasteiger partial charge >= 0.3 is 0 Å². The lowest BCUT2D eigenvalue weighted by atomic mass is 10.1. The van der Waals surface area contributed by atoms with E-state index in [9.17, 15) is 84.5 Å². The smallest absolute Gasteiger partial charge is 0.267 e. The van der Waals surface area contributed by atoms with Gasteiger partial charge in [-0.15, -0.1) is 0 Å². The van der Waals surface area contributed by atoms with Crippen LogP contribution in [-0.2, 0) is 79.4 Å². The fourth-order valence-corrected chi connectivity index (χ4v) is 6.98. The van der Waals surface area contributed by atoms with Crippen LogP contribution in [-0.4, -0.2) is 166 Å². The molecule has 0 bridgehead atoms. The van der Waals surface area contributed by atoms with Crippen molar-refractivity contribution in [1.29, 1.82) is 0 Å². The predicted octanol–water partition coefficient (Wildman–Crippen LogP) is -7.11. The van der Waals surface area contributed by atoms with Crippen LogP contribution in [0.1, 0.15) is 19.8 Å². The highest BCUT2D eigenvalue weighted by Gasteiger charge is 2.36. The Morgan fingerprint density at radius 1 is 0.510 bits per heavy atom. The zero-order chi connectivity index (χ0) is 40.2. The molecule has 6 atom stereocenters. The molecular weight excluding hydrogens is 807 g/mol. The molecule has 0 radical (unpaired) electrons. The summed E-state index contributed by atoms with van der Waals surface area (Å²) >= 11 is 0. The highest BCUT2D eigenvalue weighted by atomic mass is 32.2. The number of rotatable bonds is 24. The quantitative estimate of drug-likeness (QED) is 0.0319. The van der Waals surface area contributed by atoms with Gasteiger partial charge in [0.2, 0.25) is 23.6 Å². The van der Waals surface area contributed by atoms with Crippen LogP contribution in [0.3, 0.4) is 0 Å². The molecule has 51 heavy (non-hydrogen) atoms. The zero-order valence-corrected chi connectivity index (χ0v) is 30.0. The SMILES string of the molecule is CC(CCC(=O)NC(CS(=O)(=O)O)C(=O)N[C@@H](CS(=O)(=O)O)C(=O)NC(CS(=O)(=O)O)C(=O)N[C@H](C=O)CS(=O)(=O)O)N[C@H](C=O)CS(=O)(=O)O. The summed E-state index contributed by atoms with van der Waals surface area (Å²) in [6, 6.07) is -11.8. The average Bonchev–Trinajstić information content (AvgIpc) is 2.90. The number of carbonyl (C=O) groups is 6. The van der Waals surface area contributed by atoms with Gasteiger partial charge in [0.25, 0.3) is 50.6 Å². The molecule has 0 saturated carbocycles. The van der Waals surface area contributed by atoms with Gasteiger partial charge in [0.1, 0.15) is 59.8 Å². The van der Waals surface area contributed by atoms with Crippen LogP contribution in [0, 0.1) is 0 Å². The van der Waals surface area contributed by atoms with Crippen LogP contribution < -0.4 is 26.6 Å². The third kappa shape index (κ3) is 23.8. The zero-order valence-electron chi connectivity index (χ0n) is 25.9. The van der Waals surface area contributed by atoms with E-state index in [4.69, 9.17) is 9.11 Å². The van der Waals surface area contributed by atoms with E-state index in [1.54, 1.807) is 16.0 Å². The normalized spacial score (nSPS) is 16.3. The van der Waals surface area contributed by atoms with Crippen LogP contribution in [0.5, 0.6) is 0 Å². The molecule has 0 spiro atoms. The fourth-order valence-electron chi connectivity index (χ4n) is 3.77. The monoisotopic (exact) mass is 841 g/mol. The summed E-state index contributed by atoms with van der Waals surface area (Å²) in [5.74, 6) is -14.2. The molecular formula is C20H35N5O21S5. The first kappa shape index (κ1) is 47.7. The van der Waals surface area contributed by atoms with Crippen molar-refractivity contribution in [2.75, 3.05) is 28.8 Å². The molecule has 3 unspecified atom stereocenters. The van der Waals surface area contributed by atoms with E-state index in [1.165, 1.54) is 6.92 Å². The van der Waals surface area contributed by atoms with E-state index >= 15 is 0 Å². The Bertz CT molecular complexity index is 1850. The first-order chi connectivity index (χ1) is 22.8. The van der Waals surface area contributed by atoms with Crippen molar-refractivity contribution < 1.29 is 93.6 Å². The van der Waals surface area contributed by atoms with E-state index in [0.29, 0.717) is 0 Å². The van der Waals surface area contributed by atoms with Crippen molar-refractivity contribution >= 4 is 86.8 Å². The van der Waals surface area contributed by atoms with Crippen molar-refractivity contribution in [3.8, 4) is 0 Å². The molecule has 0 saturated heterocycles. The Hall–Kier alpha value is -3.27. The van der Waals surface area contributed by atoms with Gasteiger partial charge in [0, 0.05) is 12.5 Å². The lowest BCUT2D eigenvalue weighted by Crippen LogP contribution is -2.61. The molecule has 10 N–H and O–H groups in total. The average molecular weight is 842 g/mol. The van der Waals surface area contributed by atoms with Gasteiger partial charge < -0.3 is 36.2 Å². The molecule has 31 heteroatoms. The van der Waals surface area contributed by atoms with Gasteiger partial charge in [0.05, 0.1) is 11.8 Å². The Balaban J connectivity index is 6.16. The van der Waals surface area contributed by atoms with E-state index in [0.717, 1.165) is 0 Å². The number of amides is 4. The topological polar surface area (TPSA) is 434 Å². The van der Waals surface area contributed by atoms with Gasteiger partial charge in [-0.05, 0) is 13.3 Å². The number of aldehydes is 2. The molecule has 0 aliphatic heterocycles.